The summed E-state index contributed by atoms with van der Waals surface area (Å²) in [5, 5.41) is 13.1. The van der Waals surface area contributed by atoms with E-state index in [9.17, 15) is 4.79 Å². The van der Waals surface area contributed by atoms with E-state index in [0.717, 1.165) is 17.0 Å². The third kappa shape index (κ3) is 1.95. The molecule has 4 heteroatoms. The molecule has 0 radical (unpaired) electrons. The molecule has 1 aromatic rings. The molecule has 0 saturated heterocycles. The SMILES string of the molecule is Cc1nn(CC(C)C(=O)O)c(C)c1C. The molecule has 0 bridgehead atoms. The first-order valence-corrected chi connectivity index (χ1v) is 4.67. The van der Waals surface area contributed by atoms with E-state index in [-0.39, 0.29) is 0 Å². The second-order valence-corrected chi connectivity index (χ2v) is 3.72. The molecule has 1 atom stereocenters. The van der Waals surface area contributed by atoms with E-state index in [4.69, 9.17) is 5.11 Å². The standard InChI is InChI=1S/C10H16N2O2/c1-6(10(13)14)5-12-9(4)7(2)8(3)11-12/h6H,5H2,1-4H3,(H,13,14). The first-order valence-electron chi connectivity index (χ1n) is 4.67. The Bertz CT molecular complexity index is 355. The summed E-state index contributed by atoms with van der Waals surface area (Å²) in [6.07, 6.45) is 0. The van der Waals surface area contributed by atoms with Crippen LogP contribution in [-0.4, -0.2) is 20.9 Å². The lowest BCUT2D eigenvalue weighted by atomic mass is 10.2. The van der Waals surface area contributed by atoms with Crippen LogP contribution in [0.5, 0.6) is 0 Å². The van der Waals surface area contributed by atoms with Crippen molar-refractivity contribution >= 4 is 5.97 Å². The van der Waals surface area contributed by atoms with Gasteiger partial charge in [0.25, 0.3) is 0 Å². The molecule has 0 amide bonds. The molecule has 0 saturated carbocycles. The van der Waals surface area contributed by atoms with Crippen LogP contribution in [0.15, 0.2) is 0 Å². The van der Waals surface area contributed by atoms with Gasteiger partial charge in [-0.15, -0.1) is 0 Å². The number of hydrogen-bond donors (Lipinski definition) is 1. The van der Waals surface area contributed by atoms with Crippen molar-refractivity contribution in [1.29, 1.82) is 0 Å². The van der Waals surface area contributed by atoms with Gasteiger partial charge in [-0.1, -0.05) is 6.92 Å². The molecule has 14 heavy (non-hydrogen) atoms. The Balaban J connectivity index is 2.87. The van der Waals surface area contributed by atoms with Crippen LogP contribution in [0.2, 0.25) is 0 Å². The van der Waals surface area contributed by atoms with Gasteiger partial charge in [0.15, 0.2) is 0 Å². The van der Waals surface area contributed by atoms with Crippen molar-refractivity contribution in [2.75, 3.05) is 0 Å². The Kier molecular flexibility index (Phi) is 2.93. The lowest BCUT2D eigenvalue weighted by molar-refractivity contribution is -0.141. The lowest BCUT2D eigenvalue weighted by Crippen LogP contribution is -2.18. The number of carboxylic acid groups (broad SMARTS) is 1. The number of carboxylic acids is 1. The van der Waals surface area contributed by atoms with Gasteiger partial charge in [0, 0.05) is 5.69 Å². The van der Waals surface area contributed by atoms with Gasteiger partial charge in [-0.25, -0.2) is 0 Å². The molecule has 0 aliphatic rings. The molecule has 0 aliphatic heterocycles. The third-order valence-corrected chi connectivity index (χ3v) is 2.61. The molecule has 1 rings (SSSR count). The zero-order valence-electron chi connectivity index (χ0n) is 9.03. The predicted molar refractivity (Wildman–Crippen MR) is 53.2 cm³/mol. The highest BCUT2D eigenvalue weighted by Gasteiger charge is 2.15. The van der Waals surface area contributed by atoms with Crippen LogP contribution in [0.1, 0.15) is 23.9 Å². The normalized spacial score (nSPS) is 12.9. The van der Waals surface area contributed by atoms with Gasteiger partial charge in [0.05, 0.1) is 18.2 Å². The summed E-state index contributed by atoms with van der Waals surface area (Å²) in [6, 6.07) is 0. The third-order valence-electron chi connectivity index (χ3n) is 2.61. The minimum absolute atomic E-state index is 0.396. The number of aromatic nitrogens is 2. The van der Waals surface area contributed by atoms with E-state index in [0.29, 0.717) is 6.54 Å². The number of hydrogen-bond acceptors (Lipinski definition) is 2. The van der Waals surface area contributed by atoms with Gasteiger partial charge in [0.1, 0.15) is 0 Å². The van der Waals surface area contributed by atoms with Crippen molar-refractivity contribution in [3.05, 3.63) is 17.0 Å². The Hall–Kier alpha value is -1.32. The van der Waals surface area contributed by atoms with Crippen molar-refractivity contribution in [3.63, 3.8) is 0 Å². The lowest BCUT2D eigenvalue weighted by Gasteiger charge is -2.08. The Morgan fingerprint density at radius 1 is 1.50 bits per heavy atom. The molecule has 78 valence electrons. The average Bonchev–Trinajstić information content (AvgIpc) is 2.33. The van der Waals surface area contributed by atoms with Gasteiger partial charge < -0.3 is 5.11 Å². The van der Waals surface area contributed by atoms with Crippen LogP contribution in [0.25, 0.3) is 0 Å². The maximum atomic E-state index is 10.7. The number of aliphatic carboxylic acids is 1. The molecule has 0 aliphatic carbocycles. The van der Waals surface area contributed by atoms with Crippen LogP contribution in [0.4, 0.5) is 0 Å². The van der Waals surface area contributed by atoms with Crippen LogP contribution in [0, 0.1) is 26.7 Å². The van der Waals surface area contributed by atoms with Crippen molar-refractivity contribution in [2.24, 2.45) is 5.92 Å². The Labute approximate surface area is 83.5 Å². The fourth-order valence-electron chi connectivity index (χ4n) is 1.30. The molecule has 4 nitrogen and oxygen atoms in total. The zero-order valence-corrected chi connectivity index (χ0v) is 9.03. The Morgan fingerprint density at radius 3 is 2.43 bits per heavy atom. The maximum absolute atomic E-state index is 10.7. The number of nitrogens with zero attached hydrogens (tertiary/aromatic N) is 2. The van der Waals surface area contributed by atoms with E-state index in [1.165, 1.54) is 0 Å². The van der Waals surface area contributed by atoms with Gasteiger partial charge in [-0.05, 0) is 26.3 Å². The number of rotatable bonds is 3. The fourth-order valence-corrected chi connectivity index (χ4v) is 1.30. The monoisotopic (exact) mass is 196 g/mol. The quantitative estimate of drug-likeness (QED) is 0.797. The molecular formula is C10H16N2O2. The molecule has 1 heterocycles. The summed E-state index contributed by atoms with van der Waals surface area (Å²) in [5.74, 6) is -1.18. The molecule has 0 spiro atoms. The van der Waals surface area contributed by atoms with E-state index in [1.54, 1.807) is 11.6 Å². The van der Waals surface area contributed by atoms with Crippen molar-refractivity contribution in [3.8, 4) is 0 Å². The largest absolute Gasteiger partial charge is 0.481 e. The molecule has 0 aromatic carbocycles. The topological polar surface area (TPSA) is 55.1 Å². The van der Waals surface area contributed by atoms with Crippen LogP contribution >= 0.6 is 0 Å². The summed E-state index contributed by atoms with van der Waals surface area (Å²) in [6.45, 7) is 8.03. The van der Waals surface area contributed by atoms with Crippen LogP contribution < -0.4 is 0 Å². The Morgan fingerprint density at radius 2 is 2.07 bits per heavy atom. The summed E-state index contributed by atoms with van der Waals surface area (Å²) in [7, 11) is 0. The molecule has 1 aromatic heterocycles. The molecular weight excluding hydrogens is 180 g/mol. The highest BCUT2D eigenvalue weighted by Crippen LogP contribution is 2.12. The van der Waals surface area contributed by atoms with Gasteiger partial charge in [-0.3, -0.25) is 9.48 Å². The summed E-state index contributed by atoms with van der Waals surface area (Å²) < 4.78 is 1.77. The number of carbonyl (C=O) groups is 1. The molecule has 1 N–H and O–H groups in total. The van der Waals surface area contributed by atoms with Gasteiger partial charge in [0.2, 0.25) is 0 Å². The second kappa shape index (κ2) is 3.82. The zero-order chi connectivity index (χ0) is 10.9. The van der Waals surface area contributed by atoms with E-state index < -0.39 is 11.9 Å². The van der Waals surface area contributed by atoms with Crippen molar-refractivity contribution in [1.82, 2.24) is 9.78 Å². The fraction of sp³-hybridized carbons (Fsp3) is 0.600. The number of aryl methyl sites for hydroxylation is 1. The smallest absolute Gasteiger partial charge is 0.308 e. The van der Waals surface area contributed by atoms with Crippen LogP contribution in [-0.2, 0) is 11.3 Å². The highest BCUT2D eigenvalue weighted by molar-refractivity contribution is 5.69. The van der Waals surface area contributed by atoms with Gasteiger partial charge >= 0.3 is 5.97 Å². The minimum atomic E-state index is -0.782. The summed E-state index contributed by atoms with van der Waals surface area (Å²) in [4.78, 5) is 10.7. The maximum Gasteiger partial charge on any atom is 0.308 e. The first kappa shape index (κ1) is 10.8. The first-order chi connectivity index (χ1) is 6.43. The average molecular weight is 196 g/mol. The molecule has 1 unspecified atom stereocenters. The van der Waals surface area contributed by atoms with E-state index >= 15 is 0 Å². The van der Waals surface area contributed by atoms with Crippen LogP contribution in [0.3, 0.4) is 0 Å². The predicted octanol–water partition coefficient (Wildman–Crippen LogP) is 1.53. The van der Waals surface area contributed by atoms with Crippen molar-refractivity contribution < 1.29 is 9.90 Å². The van der Waals surface area contributed by atoms with E-state index in [1.807, 2.05) is 20.8 Å². The summed E-state index contributed by atoms with van der Waals surface area (Å²) >= 11 is 0. The minimum Gasteiger partial charge on any atom is -0.481 e. The second-order valence-electron chi connectivity index (χ2n) is 3.72. The highest BCUT2D eigenvalue weighted by atomic mass is 16.4. The van der Waals surface area contributed by atoms with E-state index in [2.05, 4.69) is 5.10 Å². The van der Waals surface area contributed by atoms with Gasteiger partial charge in [-0.2, -0.15) is 5.10 Å². The molecule has 0 fully saturated rings. The summed E-state index contributed by atoms with van der Waals surface area (Å²) in [5.41, 5.74) is 3.17. The van der Waals surface area contributed by atoms with Crippen molar-refractivity contribution in [2.45, 2.75) is 34.2 Å².